The fourth-order valence-electron chi connectivity index (χ4n) is 3.47. The van der Waals surface area contributed by atoms with E-state index in [1.54, 1.807) is 28.0 Å². The van der Waals surface area contributed by atoms with E-state index in [-0.39, 0.29) is 18.5 Å². The summed E-state index contributed by atoms with van der Waals surface area (Å²) in [6.07, 6.45) is 0. The number of hydrogen-bond donors (Lipinski definition) is 2. The maximum atomic E-state index is 12.8. The van der Waals surface area contributed by atoms with Crippen LogP contribution in [-0.4, -0.2) is 58.4 Å². The molecule has 3 aromatic rings. The minimum Gasteiger partial charge on any atom is -0.379 e. The highest BCUT2D eigenvalue weighted by molar-refractivity contribution is 7.71. The largest absolute Gasteiger partial charge is 0.379 e. The Bertz CT molecular complexity index is 1030. The van der Waals surface area contributed by atoms with Gasteiger partial charge in [-0.2, -0.15) is 5.10 Å². The number of morpholine rings is 1. The fraction of sp³-hybridized carbons (Fsp3) is 0.350. The van der Waals surface area contributed by atoms with Crippen LogP contribution in [0.15, 0.2) is 41.8 Å². The maximum Gasteiger partial charge on any atom is 0.240 e. The smallest absolute Gasteiger partial charge is 0.240 e. The van der Waals surface area contributed by atoms with Gasteiger partial charge < -0.3 is 10.1 Å². The highest BCUT2D eigenvalue weighted by atomic mass is 35.5. The first-order valence-electron chi connectivity index (χ1n) is 9.65. The van der Waals surface area contributed by atoms with Crippen LogP contribution in [0.25, 0.3) is 11.4 Å². The second-order valence-electron chi connectivity index (χ2n) is 6.93. The van der Waals surface area contributed by atoms with Gasteiger partial charge in [-0.3, -0.25) is 19.4 Å². The molecule has 0 spiro atoms. The summed E-state index contributed by atoms with van der Waals surface area (Å²) in [6, 6.07) is 11.6. The van der Waals surface area contributed by atoms with Gasteiger partial charge >= 0.3 is 0 Å². The zero-order valence-electron chi connectivity index (χ0n) is 16.2. The lowest BCUT2D eigenvalue weighted by Gasteiger charge is -2.34. The SMILES string of the molecule is O=C(Cn1c(-c2ccc(Cl)cc2)n[nH]c1=S)NC[C@H](c1cccs1)N1CCOCC1. The Labute approximate surface area is 188 Å². The second kappa shape index (κ2) is 9.84. The van der Waals surface area contributed by atoms with Crippen LogP contribution < -0.4 is 5.32 Å². The van der Waals surface area contributed by atoms with E-state index in [9.17, 15) is 4.79 Å². The molecule has 1 aromatic carbocycles. The molecule has 10 heteroatoms. The molecule has 2 N–H and O–H groups in total. The third kappa shape index (κ3) is 4.98. The van der Waals surface area contributed by atoms with Crippen LogP contribution in [-0.2, 0) is 16.1 Å². The van der Waals surface area contributed by atoms with Gasteiger partial charge in [-0.15, -0.1) is 11.3 Å². The number of ether oxygens (including phenoxy) is 1. The van der Waals surface area contributed by atoms with Crippen molar-refractivity contribution in [1.29, 1.82) is 0 Å². The number of aromatic nitrogens is 3. The van der Waals surface area contributed by atoms with Gasteiger partial charge in [0.1, 0.15) is 6.54 Å². The highest BCUT2D eigenvalue weighted by Gasteiger charge is 2.24. The number of H-pyrrole nitrogens is 1. The van der Waals surface area contributed by atoms with Crippen molar-refractivity contribution in [1.82, 2.24) is 25.0 Å². The minimum absolute atomic E-state index is 0.0908. The van der Waals surface area contributed by atoms with Crippen molar-refractivity contribution in [3.05, 3.63) is 56.4 Å². The van der Waals surface area contributed by atoms with E-state index >= 15 is 0 Å². The van der Waals surface area contributed by atoms with Crippen molar-refractivity contribution in [3.63, 3.8) is 0 Å². The first-order chi connectivity index (χ1) is 14.6. The molecule has 0 unspecified atom stereocenters. The first-order valence-corrected chi connectivity index (χ1v) is 11.3. The van der Waals surface area contributed by atoms with Crippen molar-refractivity contribution >= 4 is 41.1 Å². The molecular formula is C20H22ClN5O2S2. The van der Waals surface area contributed by atoms with E-state index in [0.717, 1.165) is 18.7 Å². The standard InChI is InChI=1S/C20H22ClN5O2S2/c21-15-5-3-14(4-6-15)19-23-24-20(29)26(19)13-18(27)22-12-16(17-2-1-11-30-17)25-7-9-28-10-8-25/h1-6,11,16H,7-10,12-13H2,(H,22,27)(H,24,29)/t16-/m1/s1. The highest BCUT2D eigenvalue weighted by Crippen LogP contribution is 2.25. The van der Waals surface area contributed by atoms with Gasteiger partial charge in [-0.25, -0.2) is 0 Å². The summed E-state index contributed by atoms with van der Waals surface area (Å²) >= 11 is 13.0. The molecular weight excluding hydrogens is 442 g/mol. The summed E-state index contributed by atoms with van der Waals surface area (Å²) in [5.74, 6) is 0.493. The van der Waals surface area contributed by atoms with E-state index in [1.807, 2.05) is 18.2 Å². The van der Waals surface area contributed by atoms with Crippen molar-refractivity contribution in [2.45, 2.75) is 12.6 Å². The molecule has 7 nitrogen and oxygen atoms in total. The molecule has 1 amide bonds. The molecule has 2 aromatic heterocycles. The summed E-state index contributed by atoms with van der Waals surface area (Å²) in [4.78, 5) is 16.4. The van der Waals surface area contributed by atoms with Crippen LogP contribution >= 0.6 is 35.2 Å². The van der Waals surface area contributed by atoms with Crippen LogP contribution in [0, 0.1) is 4.77 Å². The molecule has 1 aliphatic heterocycles. The Balaban J connectivity index is 1.45. The Morgan fingerprint density at radius 2 is 2.07 bits per heavy atom. The maximum absolute atomic E-state index is 12.8. The van der Waals surface area contributed by atoms with E-state index in [4.69, 9.17) is 28.6 Å². The number of carbonyl (C=O) groups excluding carboxylic acids is 1. The summed E-state index contributed by atoms with van der Waals surface area (Å²) in [6.45, 7) is 3.75. The van der Waals surface area contributed by atoms with Crippen LogP contribution in [0.1, 0.15) is 10.9 Å². The lowest BCUT2D eigenvalue weighted by atomic mass is 10.2. The Kier molecular flexibility index (Phi) is 6.96. The number of benzene rings is 1. The van der Waals surface area contributed by atoms with Crippen molar-refractivity contribution in [3.8, 4) is 11.4 Å². The van der Waals surface area contributed by atoms with Crippen LogP contribution in [0.5, 0.6) is 0 Å². The van der Waals surface area contributed by atoms with Crippen molar-refractivity contribution < 1.29 is 9.53 Å². The van der Waals surface area contributed by atoms with Gasteiger partial charge in [0.2, 0.25) is 5.91 Å². The van der Waals surface area contributed by atoms with Crippen molar-refractivity contribution in [2.24, 2.45) is 0 Å². The van der Waals surface area contributed by atoms with Gasteiger partial charge in [-0.05, 0) is 47.9 Å². The molecule has 1 saturated heterocycles. The first kappa shape index (κ1) is 21.2. The van der Waals surface area contributed by atoms with E-state index < -0.39 is 0 Å². The van der Waals surface area contributed by atoms with Gasteiger partial charge in [0, 0.05) is 35.1 Å². The molecule has 158 valence electrons. The zero-order chi connectivity index (χ0) is 20.9. The molecule has 30 heavy (non-hydrogen) atoms. The number of aromatic amines is 1. The van der Waals surface area contributed by atoms with Crippen LogP contribution in [0.3, 0.4) is 0 Å². The summed E-state index contributed by atoms with van der Waals surface area (Å²) < 4.78 is 7.58. The van der Waals surface area contributed by atoms with Gasteiger partial charge in [-0.1, -0.05) is 17.7 Å². The number of carbonyl (C=O) groups is 1. The molecule has 0 aliphatic carbocycles. The Morgan fingerprint density at radius 1 is 1.30 bits per heavy atom. The fourth-order valence-corrected chi connectivity index (χ4v) is 4.66. The number of rotatable bonds is 7. The molecule has 0 bridgehead atoms. The number of amides is 1. The zero-order valence-corrected chi connectivity index (χ0v) is 18.6. The molecule has 0 saturated carbocycles. The van der Waals surface area contributed by atoms with E-state index in [1.165, 1.54) is 4.88 Å². The minimum atomic E-state index is -0.113. The third-order valence-corrected chi connectivity index (χ3v) is 6.55. The molecule has 1 aliphatic rings. The number of thiophene rings is 1. The molecule has 4 rings (SSSR count). The molecule has 1 fully saturated rings. The van der Waals surface area contributed by atoms with Gasteiger partial charge in [0.25, 0.3) is 0 Å². The number of hydrogen-bond acceptors (Lipinski definition) is 6. The summed E-state index contributed by atoms with van der Waals surface area (Å²) in [7, 11) is 0. The Hall–Kier alpha value is -2.04. The molecule has 0 radical (unpaired) electrons. The lowest BCUT2D eigenvalue weighted by molar-refractivity contribution is -0.122. The predicted molar refractivity (Wildman–Crippen MR) is 120 cm³/mol. The number of nitrogens with zero attached hydrogens (tertiary/aromatic N) is 3. The predicted octanol–water partition coefficient (Wildman–Crippen LogP) is 3.51. The molecule has 1 atom stereocenters. The number of halogens is 1. The number of nitrogens with one attached hydrogen (secondary N) is 2. The van der Waals surface area contributed by atoms with Crippen LogP contribution in [0.2, 0.25) is 5.02 Å². The topological polar surface area (TPSA) is 75.2 Å². The van der Waals surface area contributed by atoms with Gasteiger partial charge in [0.15, 0.2) is 10.6 Å². The van der Waals surface area contributed by atoms with E-state index in [0.29, 0.717) is 35.4 Å². The lowest BCUT2D eigenvalue weighted by Crippen LogP contribution is -2.44. The quantitative estimate of drug-likeness (QED) is 0.524. The normalized spacial score (nSPS) is 15.8. The molecule has 3 heterocycles. The summed E-state index contributed by atoms with van der Waals surface area (Å²) in [5, 5.41) is 12.8. The average Bonchev–Trinajstić information content (AvgIpc) is 3.41. The third-order valence-electron chi connectivity index (χ3n) is 5.01. The monoisotopic (exact) mass is 463 g/mol. The van der Waals surface area contributed by atoms with Gasteiger partial charge in [0.05, 0.1) is 19.3 Å². The van der Waals surface area contributed by atoms with Crippen LogP contribution in [0.4, 0.5) is 0 Å². The summed E-state index contributed by atoms with van der Waals surface area (Å²) in [5.41, 5.74) is 0.837. The van der Waals surface area contributed by atoms with Crippen molar-refractivity contribution in [2.75, 3.05) is 32.8 Å². The second-order valence-corrected chi connectivity index (χ2v) is 8.73. The Morgan fingerprint density at radius 3 is 2.77 bits per heavy atom. The average molecular weight is 464 g/mol. The van der Waals surface area contributed by atoms with E-state index in [2.05, 4.69) is 31.9 Å².